The summed E-state index contributed by atoms with van der Waals surface area (Å²) in [5.41, 5.74) is 15.2. The van der Waals surface area contributed by atoms with E-state index in [1.54, 1.807) is 0 Å². The van der Waals surface area contributed by atoms with Gasteiger partial charge in [0.05, 0.1) is 0 Å². The van der Waals surface area contributed by atoms with Crippen LogP contribution < -0.4 is 0 Å². The van der Waals surface area contributed by atoms with Crippen molar-refractivity contribution < 1.29 is 8.83 Å². The molecule has 0 atom stereocenters. The zero-order valence-electron chi connectivity index (χ0n) is 33.0. The van der Waals surface area contributed by atoms with E-state index in [2.05, 4.69) is 213 Å². The fraction of sp³-hybridized carbons (Fsp3) is 0.0345. The molecular weight excluding hydrogens is 729 g/mol. The Kier molecular flexibility index (Phi) is 7.86. The minimum atomic E-state index is 0.205. The van der Waals surface area contributed by atoms with Crippen molar-refractivity contribution in [1.29, 1.82) is 0 Å². The van der Waals surface area contributed by atoms with Crippen molar-refractivity contribution >= 4 is 65.4 Å². The molecule has 10 aromatic carbocycles. The van der Waals surface area contributed by atoms with Crippen LogP contribution in [0.15, 0.2) is 215 Å². The molecule has 0 bridgehead atoms. The maximum atomic E-state index is 6.91. The van der Waals surface area contributed by atoms with Crippen molar-refractivity contribution in [2.75, 3.05) is 0 Å². The highest BCUT2D eigenvalue weighted by Crippen LogP contribution is 2.46. The predicted octanol–water partition coefficient (Wildman–Crippen LogP) is 16.6. The average Bonchev–Trinajstić information content (AvgIpc) is 3.92. The molecule has 2 aromatic heterocycles. The van der Waals surface area contributed by atoms with Gasteiger partial charge in [-0.15, -0.1) is 0 Å². The summed E-state index contributed by atoms with van der Waals surface area (Å²) < 4.78 is 13.8. The van der Waals surface area contributed by atoms with Crippen molar-refractivity contribution in [3.05, 3.63) is 217 Å². The Morgan fingerprint density at radius 3 is 1.10 bits per heavy atom. The van der Waals surface area contributed by atoms with Crippen LogP contribution in [0.3, 0.4) is 0 Å². The van der Waals surface area contributed by atoms with Gasteiger partial charge in [0.2, 0.25) is 0 Å². The standard InChI is InChI=1S/C58H38O2/c1-36(37-26-30-41(31-27-37)47-22-12-24-49-53-45-20-10-8-18-43(45)34-51(57(53)59-55(47)49)39-14-4-2-5-15-39)38-28-32-42(33-29-38)48-23-13-25-50-54-46-21-11-9-19-44(46)35-52(58(54)60-56(48)50)40-16-6-3-7-17-40/h2-36H,1H3. The van der Waals surface area contributed by atoms with Gasteiger partial charge in [-0.25, -0.2) is 0 Å². The van der Waals surface area contributed by atoms with Crippen LogP contribution in [0.2, 0.25) is 0 Å². The molecule has 12 aromatic rings. The zero-order valence-corrected chi connectivity index (χ0v) is 33.0. The number of fused-ring (bicyclic) bond motifs is 10. The summed E-state index contributed by atoms with van der Waals surface area (Å²) in [5, 5.41) is 9.44. The summed E-state index contributed by atoms with van der Waals surface area (Å²) in [6.45, 7) is 2.29. The summed E-state index contributed by atoms with van der Waals surface area (Å²) >= 11 is 0. The lowest BCUT2D eigenvalue weighted by molar-refractivity contribution is 0.671. The second-order valence-electron chi connectivity index (χ2n) is 16.0. The third-order valence-corrected chi connectivity index (χ3v) is 12.6. The second-order valence-corrected chi connectivity index (χ2v) is 16.0. The lowest BCUT2D eigenvalue weighted by Gasteiger charge is -2.14. The lowest BCUT2D eigenvalue weighted by atomic mass is 9.90. The summed E-state index contributed by atoms with van der Waals surface area (Å²) in [6.07, 6.45) is 0. The SMILES string of the molecule is CC(c1ccc(-c2cccc3c2oc2c(-c4ccccc4)cc4ccccc4c23)cc1)c1ccc(-c2cccc3c2oc2c(-c4ccccc4)cc4ccccc4c23)cc1. The van der Waals surface area contributed by atoms with Crippen LogP contribution in [0.25, 0.3) is 110 Å². The molecule has 2 nitrogen and oxygen atoms in total. The Morgan fingerprint density at radius 2 is 0.667 bits per heavy atom. The topological polar surface area (TPSA) is 26.3 Å². The molecule has 60 heavy (non-hydrogen) atoms. The van der Waals surface area contributed by atoms with Crippen LogP contribution in [-0.4, -0.2) is 0 Å². The van der Waals surface area contributed by atoms with Crippen LogP contribution in [0.5, 0.6) is 0 Å². The third kappa shape index (κ3) is 5.42. The highest BCUT2D eigenvalue weighted by Gasteiger charge is 2.21. The van der Waals surface area contributed by atoms with Crippen LogP contribution in [0, 0.1) is 0 Å². The number of hydrogen-bond acceptors (Lipinski definition) is 2. The Bertz CT molecular complexity index is 3330. The molecule has 0 unspecified atom stereocenters. The van der Waals surface area contributed by atoms with Gasteiger partial charge in [0.15, 0.2) is 0 Å². The maximum absolute atomic E-state index is 6.91. The van der Waals surface area contributed by atoms with Crippen molar-refractivity contribution in [3.63, 3.8) is 0 Å². The number of para-hydroxylation sites is 2. The predicted molar refractivity (Wildman–Crippen MR) is 252 cm³/mol. The fourth-order valence-electron chi connectivity index (χ4n) is 9.51. The third-order valence-electron chi connectivity index (χ3n) is 12.6. The molecule has 12 rings (SSSR count). The largest absolute Gasteiger partial charge is 0.455 e. The molecule has 0 aliphatic rings. The van der Waals surface area contributed by atoms with Gasteiger partial charge in [-0.3, -0.25) is 0 Å². The summed E-state index contributed by atoms with van der Waals surface area (Å²) in [7, 11) is 0. The molecule has 2 heterocycles. The molecule has 0 saturated carbocycles. The highest BCUT2D eigenvalue weighted by molar-refractivity contribution is 6.25. The van der Waals surface area contributed by atoms with Gasteiger partial charge in [-0.2, -0.15) is 0 Å². The Morgan fingerprint density at radius 1 is 0.300 bits per heavy atom. The molecule has 0 amide bonds. The highest BCUT2D eigenvalue weighted by atomic mass is 16.3. The Balaban J connectivity index is 0.893. The fourth-order valence-corrected chi connectivity index (χ4v) is 9.51. The first-order valence-electron chi connectivity index (χ1n) is 20.7. The summed E-state index contributed by atoms with van der Waals surface area (Å²) in [4.78, 5) is 0. The minimum absolute atomic E-state index is 0.205. The van der Waals surface area contributed by atoms with Crippen molar-refractivity contribution in [2.24, 2.45) is 0 Å². The van der Waals surface area contributed by atoms with Gasteiger partial charge < -0.3 is 8.83 Å². The van der Waals surface area contributed by atoms with Gasteiger partial charge >= 0.3 is 0 Å². The maximum Gasteiger partial charge on any atom is 0.143 e. The first kappa shape index (κ1) is 34.4. The molecular formula is C58H38O2. The van der Waals surface area contributed by atoms with E-state index in [0.29, 0.717) is 0 Å². The second kappa shape index (κ2) is 13.7. The Labute approximate surface area is 347 Å². The lowest BCUT2D eigenvalue weighted by Crippen LogP contribution is -1.96. The van der Waals surface area contributed by atoms with Gasteiger partial charge in [0, 0.05) is 49.7 Å². The van der Waals surface area contributed by atoms with Gasteiger partial charge in [-0.1, -0.05) is 201 Å². The number of rotatable bonds is 6. The first-order valence-corrected chi connectivity index (χ1v) is 20.7. The van der Waals surface area contributed by atoms with E-state index < -0.39 is 0 Å². The number of furan rings is 2. The molecule has 0 radical (unpaired) electrons. The molecule has 0 fully saturated rings. The van der Waals surface area contributed by atoms with Gasteiger partial charge in [0.1, 0.15) is 22.3 Å². The van der Waals surface area contributed by atoms with Gasteiger partial charge in [0.25, 0.3) is 0 Å². The summed E-state index contributed by atoms with van der Waals surface area (Å²) in [6, 6.07) is 74.0. The van der Waals surface area contributed by atoms with E-state index in [-0.39, 0.29) is 5.92 Å². The quantitative estimate of drug-likeness (QED) is 0.168. The summed E-state index contributed by atoms with van der Waals surface area (Å²) in [5.74, 6) is 0.205. The van der Waals surface area contributed by atoms with E-state index in [4.69, 9.17) is 8.83 Å². The van der Waals surface area contributed by atoms with E-state index in [1.807, 2.05) is 0 Å². The normalized spacial score (nSPS) is 11.9. The first-order chi connectivity index (χ1) is 29.7. The molecule has 0 spiro atoms. The van der Waals surface area contributed by atoms with E-state index >= 15 is 0 Å². The van der Waals surface area contributed by atoms with E-state index in [0.717, 1.165) is 77.6 Å². The van der Waals surface area contributed by atoms with Crippen LogP contribution in [-0.2, 0) is 0 Å². The molecule has 0 N–H and O–H groups in total. The van der Waals surface area contributed by atoms with Crippen molar-refractivity contribution in [2.45, 2.75) is 12.8 Å². The minimum Gasteiger partial charge on any atom is -0.455 e. The molecule has 282 valence electrons. The van der Waals surface area contributed by atoms with E-state index in [9.17, 15) is 0 Å². The zero-order chi connectivity index (χ0) is 39.7. The molecule has 2 heteroatoms. The van der Waals surface area contributed by atoms with Crippen LogP contribution in [0.1, 0.15) is 24.0 Å². The molecule has 0 aliphatic heterocycles. The van der Waals surface area contributed by atoms with Crippen LogP contribution in [0.4, 0.5) is 0 Å². The van der Waals surface area contributed by atoms with Gasteiger partial charge in [-0.05, 0) is 67.1 Å². The van der Waals surface area contributed by atoms with E-state index in [1.165, 1.54) is 43.4 Å². The van der Waals surface area contributed by atoms with Crippen molar-refractivity contribution in [3.8, 4) is 44.5 Å². The Hall–Kier alpha value is -7.68. The van der Waals surface area contributed by atoms with Crippen molar-refractivity contribution in [1.82, 2.24) is 0 Å². The molecule has 0 saturated heterocycles. The average molecular weight is 767 g/mol. The smallest absolute Gasteiger partial charge is 0.143 e. The number of hydrogen-bond donors (Lipinski definition) is 0. The molecule has 0 aliphatic carbocycles. The number of benzene rings is 10. The van der Waals surface area contributed by atoms with Crippen LogP contribution >= 0.6 is 0 Å². The monoisotopic (exact) mass is 766 g/mol.